The molecule has 2 heterocycles. The number of benzene rings is 3. The number of fused-ring (bicyclic) bond motifs is 2. The van der Waals surface area contributed by atoms with Gasteiger partial charge in [0, 0.05) is 84.2 Å². The predicted octanol–water partition coefficient (Wildman–Crippen LogP) is 0.177. The second kappa shape index (κ2) is 31.8. The van der Waals surface area contributed by atoms with Gasteiger partial charge in [0.15, 0.2) is 0 Å². The van der Waals surface area contributed by atoms with E-state index >= 15 is 0 Å². The predicted molar refractivity (Wildman–Crippen MR) is 297 cm³/mol. The Morgan fingerprint density at radius 3 is 1.55 bits per heavy atom. The Balaban J connectivity index is 1.06. The van der Waals surface area contributed by atoms with E-state index in [0.717, 1.165) is 27.1 Å². The highest BCUT2D eigenvalue weighted by Gasteiger charge is 2.32. The fourth-order valence-corrected chi connectivity index (χ4v) is 10.4. The summed E-state index contributed by atoms with van der Waals surface area (Å²) in [4.78, 5) is 131. The second-order valence-electron chi connectivity index (χ2n) is 21.0. The van der Waals surface area contributed by atoms with Gasteiger partial charge >= 0.3 is 41.8 Å². The first-order valence-corrected chi connectivity index (χ1v) is 27.6. The molecule has 0 radical (unpaired) electrons. The van der Waals surface area contributed by atoms with Crippen molar-refractivity contribution in [3.63, 3.8) is 0 Å². The normalized spacial score (nSPS) is 18.1. The molecule has 0 bridgehead atoms. The van der Waals surface area contributed by atoms with E-state index in [-0.39, 0.29) is 128 Å². The van der Waals surface area contributed by atoms with Gasteiger partial charge in [-0.2, -0.15) is 0 Å². The van der Waals surface area contributed by atoms with Gasteiger partial charge in [-0.05, 0) is 84.0 Å². The third-order valence-corrected chi connectivity index (χ3v) is 14.9. The number of aromatic nitrogens is 3. The number of aliphatic carboxylic acids is 6. The van der Waals surface area contributed by atoms with Crippen molar-refractivity contribution in [3.05, 3.63) is 72.1 Å². The molecule has 1 saturated heterocycles. The highest BCUT2D eigenvalue weighted by Crippen LogP contribution is 2.31. The topological polar surface area (TPSA) is 396 Å². The van der Waals surface area contributed by atoms with Crippen molar-refractivity contribution in [2.75, 3.05) is 85.1 Å². The first kappa shape index (κ1) is 63.8. The zero-order valence-electron chi connectivity index (χ0n) is 46.0. The van der Waals surface area contributed by atoms with Crippen LogP contribution in [0.5, 0.6) is 0 Å². The first-order chi connectivity index (χ1) is 39.7. The van der Waals surface area contributed by atoms with Crippen LogP contribution in [0.2, 0.25) is 0 Å². The largest absolute Gasteiger partial charge is 0.481 e. The number of amides is 5. The highest BCUT2D eigenvalue weighted by molar-refractivity contribution is 6.03. The highest BCUT2D eigenvalue weighted by atomic mass is 16.4. The van der Waals surface area contributed by atoms with E-state index in [2.05, 4.69) is 43.0 Å². The molecule has 1 saturated carbocycles. The van der Waals surface area contributed by atoms with Crippen molar-refractivity contribution < 1.29 is 78.6 Å². The van der Waals surface area contributed by atoms with Crippen LogP contribution >= 0.6 is 0 Å². The molecule has 4 aromatic rings. The molecule has 2 fully saturated rings. The maximum Gasteiger partial charge on any atom is 0.326 e. The van der Waals surface area contributed by atoms with E-state index in [9.17, 15) is 73.5 Å². The van der Waals surface area contributed by atoms with Gasteiger partial charge in [0.25, 0.3) is 0 Å². The van der Waals surface area contributed by atoms with E-state index in [0.29, 0.717) is 51.0 Å². The van der Waals surface area contributed by atoms with E-state index in [1.54, 1.807) is 14.7 Å². The molecule has 3 atom stereocenters. The Bertz CT molecular complexity index is 2850. The maximum atomic E-state index is 14.3. The molecule has 3 aromatic carbocycles. The zero-order chi connectivity index (χ0) is 60.0. The number of hydrogen-bond acceptors (Lipinski definition) is 16. The molecule has 83 heavy (non-hydrogen) atoms. The molecule has 1 aromatic heterocycles. The van der Waals surface area contributed by atoms with Crippen molar-refractivity contribution in [1.29, 1.82) is 0 Å². The summed E-state index contributed by atoms with van der Waals surface area (Å²) >= 11 is 0. The number of urea groups is 1. The zero-order valence-corrected chi connectivity index (χ0v) is 46.0. The monoisotopic (exact) mass is 1160 g/mol. The molecule has 28 heteroatoms. The Morgan fingerprint density at radius 2 is 1.06 bits per heavy atom. The van der Waals surface area contributed by atoms with Crippen molar-refractivity contribution >= 4 is 81.1 Å². The summed E-state index contributed by atoms with van der Waals surface area (Å²) in [5.41, 5.74) is 1.15. The van der Waals surface area contributed by atoms with Crippen LogP contribution < -0.4 is 26.6 Å². The maximum absolute atomic E-state index is 14.3. The molecule has 1 aliphatic heterocycles. The quantitative estimate of drug-likeness (QED) is 0.0338. The number of nitrogens with zero attached hydrogens (tertiary/aromatic N) is 7. The molecule has 450 valence electrons. The lowest BCUT2D eigenvalue weighted by Crippen LogP contribution is -2.51. The van der Waals surface area contributed by atoms with Crippen molar-refractivity contribution in [2.24, 2.45) is 11.8 Å². The van der Waals surface area contributed by atoms with Gasteiger partial charge in [-0.3, -0.25) is 57.8 Å². The van der Waals surface area contributed by atoms with Gasteiger partial charge in [0.1, 0.15) is 23.8 Å². The number of hydrogen-bond donors (Lipinski definition) is 11. The SMILES string of the molecule is O=C(O)CCC[C@H](NC(=O)N[C@@H](CCn1cc(CNC(=O)[C@H](Cc2c3ccccc3cc3ccccc23)NC(=O)C2CCC(CNC(=O)CN3CCN(CC(=O)O)CCN(CC(=O)O)CCN(CC(=O)O)CC3)CC2)nn1)C(=O)O)C(=O)O. The Morgan fingerprint density at radius 1 is 0.566 bits per heavy atom. The number of rotatable bonds is 28. The molecule has 5 amide bonds. The van der Waals surface area contributed by atoms with Gasteiger partial charge < -0.3 is 57.2 Å². The first-order valence-electron chi connectivity index (χ1n) is 27.6. The fraction of sp³-hybridized carbons (Fsp3) is 0.527. The number of carboxylic acids is 6. The fourth-order valence-electron chi connectivity index (χ4n) is 10.4. The van der Waals surface area contributed by atoms with Crippen LogP contribution in [0, 0.1) is 11.8 Å². The number of aryl methyl sites for hydroxylation is 1. The lowest BCUT2D eigenvalue weighted by molar-refractivity contribution is -0.141. The number of carboxylic acid groups (broad SMARTS) is 6. The molecular formula is C55H74N12O16. The van der Waals surface area contributed by atoms with Crippen LogP contribution in [0.25, 0.3) is 21.5 Å². The molecule has 1 aliphatic carbocycles. The van der Waals surface area contributed by atoms with Crippen LogP contribution in [-0.4, -0.2) is 228 Å². The minimum atomic E-state index is -1.48. The molecule has 11 N–H and O–H groups in total. The van der Waals surface area contributed by atoms with E-state index in [1.165, 1.54) is 10.9 Å². The Hall–Kier alpha value is -8.34. The van der Waals surface area contributed by atoms with Gasteiger partial charge in [-0.1, -0.05) is 53.7 Å². The third kappa shape index (κ3) is 21.2. The van der Waals surface area contributed by atoms with Crippen molar-refractivity contribution in [3.8, 4) is 0 Å². The molecule has 2 aliphatic rings. The summed E-state index contributed by atoms with van der Waals surface area (Å²) in [6, 6.07) is 12.5. The Labute approximate surface area is 477 Å². The number of carbonyl (C=O) groups excluding carboxylic acids is 4. The van der Waals surface area contributed by atoms with Crippen LogP contribution in [0.15, 0.2) is 60.8 Å². The molecule has 28 nitrogen and oxygen atoms in total. The molecule has 6 rings (SSSR count). The lowest BCUT2D eigenvalue weighted by atomic mass is 9.81. The van der Waals surface area contributed by atoms with Gasteiger partial charge in [-0.15, -0.1) is 5.10 Å². The summed E-state index contributed by atoms with van der Waals surface area (Å²) in [7, 11) is 0. The Kier molecular flexibility index (Phi) is 24.4. The van der Waals surface area contributed by atoms with Gasteiger partial charge in [0.2, 0.25) is 17.7 Å². The van der Waals surface area contributed by atoms with Gasteiger partial charge in [-0.25, -0.2) is 14.4 Å². The summed E-state index contributed by atoms with van der Waals surface area (Å²) in [6.07, 6.45) is 3.02. The summed E-state index contributed by atoms with van der Waals surface area (Å²) in [5, 5.41) is 82.0. The van der Waals surface area contributed by atoms with Crippen LogP contribution in [0.1, 0.15) is 62.6 Å². The third-order valence-electron chi connectivity index (χ3n) is 14.9. The standard InChI is InChI=1S/C55H74N12O16/c68-46(31-63-18-20-64(32-48(71)72)22-24-66(34-50(75)76)25-23-65(21-19-63)33-49(73)74)56-28-35-12-14-36(15-13-35)51(77)58-45(27-42-40-8-3-1-6-37(40)26-38-7-2-4-9-41(38)42)52(78)57-29-39-30-67(62-61-39)17-16-44(54(81)82)60-55(83)59-43(53(79)80)10-5-11-47(69)70/h1-4,6-9,26,30,35-36,43-45H,5,10-25,27-29,31-34H2,(H,56,68)(H,57,78)(H,58,77)(H,69,70)(H,71,72)(H,73,74)(H,75,76)(H,79,80)(H,81,82)(H2,59,60,83)/t35?,36?,43-,44-,45-/m0/s1. The minimum absolute atomic E-state index is 0.0361. The van der Waals surface area contributed by atoms with Crippen LogP contribution in [0.4, 0.5) is 4.79 Å². The van der Waals surface area contributed by atoms with E-state index in [1.807, 2.05) is 53.4 Å². The van der Waals surface area contributed by atoms with Gasteiger partial charge in [0.05, 0.1) is 38.9 Å². The van der Waals surface area contributed by atoms with Crippen LogP contribution in [-0.2, 0) is 62.7 Å². The average molecular weight is 1160 g/mol. The minimum Gasteiger partial charge on any atom is -0.481 e. The molecule has 0 unspecified atom stereocenters. The summed E-state index contributed by atoms with van der Waals surface area (Å²) in [5.74, 6) is -8.63. The smallest absolute Gasteiger partial charge is 0.326 e. The average Bonchev–Trinajstić information content (AvgIpc) is 4.02. The number of nitrogens with one attached hydrogen (secondary N) is 5. The summed E-state index contributed by atoms with van der Waals surface area (Å²) in [6.45, 7) is 1.36. The van der Waals surface area contributed by atoms with Crippen LogP contribution in [0.3, 0.4) is 0 Å². The van der Waals surface area contributed by atoms with E-state index in [4.69, 9.17) is 5.11 Å². The summed E-state index contributed by atoms with van der Waals surface area (Å²) < 4.78 is 1.31. The molecule has 0 spiro atoms. The molecular weight excluding hydrogens is 1080 g/mol. The second-order valence-corrected chi connectivity index (χ2v) is 21.0. The number of carbonyl (C=O) groups is 10. The van der Waals surface area contributed by atoms with Crippen molar-refractivity contribution in [2.45, 2.75) is 89.0 Å². The van der Waals surface area contributed by atoms with Crippen molar-refractivity contribution in [1.82, 2.24) is 61.2 Å². The van der Waals surface area contributed by atoms with E-state index < -0.39 is 71.8 Å². The lowest BCUT2D eigenvalue weighted by Gasteiger charge is -2.33.